The zero-order valence-corrected chi connectivity index (χ0v) is 10.4. The Bertz CT molecular complexity index is 233. The predicted molar refractivity (Wildman–Crippen MR) is 61.2 cm³/mol. The zero-order chi connectivity index (χ0) is 13.0. The third kappa shape index (κ3) is 4.92. The average molecular weight is 233 g/mol. The molecular weight excluding hydrogens is 210 g/mol. The van der Waals surface area contributed by atoms with Crippen LogP contribution in [-0.4, -0.2) is 46.1 Å². The molecule has 5 nitrogen and oxygen atoms in total. The molecule has 16 heavy (non-hydrogen) atoms. The highest BCUT2D eigenvalue weighted by Gasteiger charge is 2.32. The number of carbonyl (C=O) groups is 1. The van der Waals surface area contributed by atoms with Crippen LogP contribution in [-0.2, 0) is 4.79 Å². The fraction of sp³-hybridized carbons (Fsp3) is 0.909. The number of nitrogens with one attached hydrogen (secondary N) is 1. The van der Waals surface area contributed by atoms with Gasteiger partial charge in [-0.05, 0) is 18.8 Å². The Morgan fingerprint density at radius 3 is 2.12 bits per heavy atom. The van der Waals surface area contributed by atoms with Gasteiger partial charge in [-0.25, -0.2) is 4.79 Å². The first kappa shape index (κ1) is 15.3. The van der Waals surface area contributed by atoms with Crippen LogP contribution in [0.4, 0.5) is 0 Å². The highest BCUT2D eigenvalue weighted by molar-refractivity contribution is 5.76. The molecule has 96 valence electrons. The lowest BCUT2D eigenvalue weighted by Gasteiger charge is -2.33. The van der Waals surface area contributed by atoms with Gasteiger partial charge in [0.15, 0.2) is 5.60 Å². The standard InChI is InChI=1S/C11H23NO4/c1-10(2,3)8(5-6-13)12-7-11(4,16)9(14)15/h8,12-13,16H,5-7H2,1-4H3,(H,14,15). The van der Waals surface area contributed by atoms with Gasteiger partial charge in [0.1, 0.15) is 0 Å². The van der Waals surface area contributed by atoms with Crippen LogP contribution >= 0.6 is 0 Å². The molecule has 0 spiro atoms. The number of aliphatic hydroxyl groups is 2. The summed E-state index contributed by atoms with van der Waals surface area (Å²) >= 11 is 0. The molecule has 0 saturated carbocycles. The van der Waals surface area contributed by atoms with Crippen LogP contribution < -0.4 is 5.32 Å². The van der Waals surface area contributed by atoms with Crippen LogP contribution in [0.3, 0.4) is 0 Å². The van der Waals surface area contributed by atoms with E-state index in [-0.39, 0.29) is 24.6 Å². The van der Waals surface area contributed by atoms with Gasteiger partial charge < -0.3 is 20.6 Å². The van der Waals surface area contributed by atoms with Crippen molar-refractivity contribution >= 4 is 5.97 Å². The second-order valence-electron chi connectivity index (χ2n) is 5.39. The summed E-state index contributed by atoms with van der Waals surface area (Å²) in [5, 5.41) is 30.2. The van der Waals surface area contributed by atoms with Crippen molar-refractivity contribution in [2.45, 2.75) is 45.8 Å². The number of rotatable bonds is 6. The molecule has 0 rings (SSSR count). The fourth-order valence-electron chi connectivity index (χ4n) is 1.37. The van der Waals surface area contributed by atoms with Crippen LogP contribution in [0.15, 0.2) is 0 Å². The van der Waals surface area contributed by atoms with Gasteiger partial charge in [0, 0.05) is 19.2 Å². The zero-order valence-electron chi connectivity index (χ0n) is 10.4. The van der Waals surface area contributed by atoms with Crippen LogP contribution in [0, 0.1) is 5.41 Å². The van der Waals surface area contributed by atoms with Crippen molar-refractivity contribution in [2.24, 2.45) is 5.41 Å². The summed E-state index contributed by atoms with van der Waals surface area (Å²) < 4.78 is 0. The second-order valence-corrected chi connectivity index (χ2v) is 5.39. The molecule has 0 aliphatic rings. The van der Waals surface area contributed by atoms with E-state index < -0.39 is 11.6 Å². The number of carboxylic acid groups (broad SMARTS) is 1. The molecule has 0 aliphatic heterocycles. The minimum absolute atomic E-state index is 0.0319. The minimum atomic E-state index is -1.78. The maximum Gasteiger partial charge on any atom is 0.336 e. The second kappa shape index (κ2) is 5.61. The van der Waals surface area contributed by atoms with Crippen molar-refractivity contribution in [2.75, 3.05) is 13.2 Å². The monoisotopic (exact) mass is 233 g/mol. The first-order valence-corrected chi connectivity index (χ1v) is 5.41. The molecule has 2 unspecified atom stereocenters. The van der Waals surface area contributed by atoms with E-state index >= 15 is 0 Å². The highest BCUT2D eigenvalue weighted by atomic mass is 16.4. The number of aliphatic hydroxyl groups excluding tert-OH is 1. The molecule has 0 aromatic carbocycles. The van der Waals surface area contributed by atoms with Gasteiger partial charge in [-0.15, -0.1) is 0 Å². The lowest BCUT2D eigenvalue weighted by atomic mass is 9.84. The van der Waals surface area contributed by atoms with E-state index in [2.05, 4.69) is 5.32 Å². The van der Waals surface area contributed by atoms with Crippen LogP contribution in [0.5, 0.6) is 0 Å². The molecule has 2 atom stereocenters. The third-order valence-electron chi connectivity index (χ3n) is 2.62. The smallest absolute Gasteiger partial charge is 0.336 e. The normalized spacial score (nSPS) is 17.9. The maximum absolute atomic E-state index is 10.7. The van der Waals surface area contributed by atoms with Gasteiger partial charge in [0.05, 0.1) is 0 Å². The van der Waals surface area contributed by atoms with Crippen molar-refractivity contribution in [3.63, 3.8) is 0 Å². The summed E-state index contributed by atoms with van der Waals surface area (Å²) in [6.45, 7) is 7.23. The van der Waals surface area contributed by atoms with E-state index in [0.29, 0.717) is 6.42 Å². The Morgan fingerprint density at radius 1 is 1.31 bits per heavy atom. The molecule has 0 fully saturated rings. The molecule has 0 bridgehead atoms. The topological polar surface area (TPSA) is 89.8 Å². The quantitative estimate of drug-likeness (QED) is 0.526. The minimum Gasteiger partial charge on any atom is -0.479 e. The van der Waals surface area contributed by atoms with Crippen LogP contribution in [0.2, 0.25) is 0 Å². The molecule has 0 amide bonds. The third-order valence-corrected chi connectivity index (χ3v) is 2.62. The van der Waals surface area contributed by atoms with E-state index in [1.165, 1.54) is 6.92 Å². The average Bonchev–Trinajstić information content (AvgIpc) is 2.09. The van der Waals surface area contributed by atoms with E-state index in [0.717, 1.165) is 0 Å². The summed E-state index contributed by atoms with van der Waals surface area (Å²) in [7, 11) is 0. The lowest BCUT2D eigenvalue weighted by Crippen LogP contribution is -2.51. The Hall–Kier alpha value is -0.650. The largest absolute Gasteiger partial charge is 0.479 e. The number of hydrogen-bond acceptors (Lipinski definition) is 4. The maximum atomic E-state index is 10.7. The van der Waals surface area contributed by atoms with Crippen LogP contribution in [0.25, 0.3) is 0 Å². The molecule has 0 aliphatic carbocycles. The summed E-state index contributed by atoms with van der Waals surface area (Å²) in [5.41, 5.74) is -1.88. The number of aliphatic carboxylic acids is 1. The fourth-order valence-corrected chi connectivity index (χ4v) is 1.37. The van der Waals surface area contributed by atoms with E-state index in [1.54, 1.807) is 0 Å². The van der Waals surface area contributed by atoms with Crippen molar-refractivity contribution in [3.05, 3.63) is 0 Å². The van der Waals surface area contributed by atoms with Gasteiger partial charge in [0.2, 0.25) is 0 Å². The molecule has 0 aromatic rings. The Kier molecular flexibility index (Phi) is 5.38. The van der Waals surface area contributed by atoms with Gasteiger partial charge in [-0.3, -0.25) is 0 Å². The summed E-state index contributed by atoms with van der Waals surface area (Å²) in [4.78, 5) is 10.7. The molecular formula is C11H23NO4. The van der Waals surface area contributed by atoms with Gasteiger partial charge in [-0.2, -0.15) is 0 Å². The van der Waals surface area contributed by atoms with Gasteiger partial charge in [0.25, 0.3) is 0 Å². The lowest BCUT2D eigenvalue weighted by molar-refractivity contribution is -0.156. The van der Waals surface area contributed by atoms with Crippen molar-refractivity contribution in [1.29, 1.82) is 0 Å². The Labute approximate surface area is 96.5 Å². The molecule has 0 radical (unpaired) electrons. The molecule has 5 heteroatoms. The molecule has 0 heterocycles. The SMILES string of the molecule is CC(O)(CNC(CCO)C(C)(C)C)C(=O)O. The first-order chi connectivity index (χ1) is 7.11. The molecule has 0 aromatic heterocycles. The van der Waals surface area contributed by atoms with Crippen molar-refractivity contribution in [3.8, 4) is 0 Å². The van der Waals surface area contributed by atoms with Gasteiger partial charge in [-0.1, -0.05) is 20.8 Å². The van der Waals surface area contributed by atoms with Crippen molar-refractivity contribution < 1.29 is 20.1 Å². The van der Waals surface area contributed by atoms with E-state index in [1.807, 2.05) is 20.8 Å². The molecule has 4 N–H and O–H groups in total. The Morgan fingerprint density at radius 2 is 1.81 bits per heavy atom. The predicted octanol–water partition coefficient (Wildman–Crippen LogP) is 0.209. The van der Waals surface area contributed by atoms with Crippen LogP contribution in [0.1, 0.15) is 34.1 Å². The Balaban J connectivity index is 4.39. The highest BCUT2D eigenvalue weighted by Crippen LogP contribution is 2.22. The summed E-state index contributed by atoms with van der Waals surface area (Å²) in [6, 6.07) is -0.0386. The summed E-state index contributed by atoms with van der Waals surface area (Å²) in [6.07, 6.45) is 0.527. The molecule has 0 saturated heterocycles. The number of carboxylic acids is 1. The van der Waals surface area contributed by atoms with Gasteiger partial charge >= 0.3 is 5.97 Å². The summed E-state index contributed by atoms with van der Waals surface area (Å²) in [5.74, 6) is -1.25. The number of hydrogen-bond donors (Lipinski definition) is 4. The van der Waals surface area contributed by atoms with E-state index in [4.69, 9.17) is 10.2 Å². The van der Waals surface area contributed by atoms with Crippen molar-refractivity contribution in [1.82, 2.24) is 5.32 Å². The first-order valence-electron chi connectivity index (χ1n) is 5.41. The van der Waals surface area contributed by atoms with E-state index in [9.17, 15) is 9.90 Å².